The third-order valence-electron chi connectivity index (χ3n) is 3.74. The van der Waals surface area contributed by atoms with Crippen molar-refractivity contribution in [3.05, 3.63) is 0 Å². The lowest BCUT2D eigenvalue weighted by Gasteiger charge is -2.38. The Morgan fingerprint density at radius 1 is 1.35 bits per heavy atom. The number of rotatable bonds is 7. The van der Waals surface area contributed by atoms with E-state index in [-0.39, 0.29) is 5.60 Å². The normalized spacial score (nSPS) is 22.6. The van der Waals surface area contributed by atoms with Crippen LogP contribution in [-0.4, -0.2) is 43.3 Å². The van der Waals surface area contributed by atoms with Crippen LogP contribution < -0.4 is 5.73 Å². The Kier molecular flexibility index (Phi) is 6.45. The fourth-order valence-electron chi connectivity index (χ4n) is 2.70. The van der Waals surface area contributed by atoms with E-state index in [2.05, 4.69) is 25.7 Å². The highest BCUT2D eigenvalue weighted by Crippen LogP contribution is 2.19. The zero-order chi connectivity index (χ0) is 12.7. The van der Waals surface area contributed by atoms with E-state index in [1.54, 1.807) is 0 Å². The van der Waals surface area contributed by atoms with Gasteiger partial charge in [0.1, 0.15) is 0 Å². The molecule has 1 heterocycles. The summed E-state index contributed by atoms with van der Waals surface area (Å²) in [5.74, 6) is 0.828. The van der Waals surface area contributed by atoms with E-state index >= 15 is 0 Å². The molecule has 0 radical (unpaired) electrons. The average molecular weight is 242 g/mol. The van der Waals surface area contributed by atoms with Crippen LogP contribution in [0, 0.1) is 5.92 Å². The standard InChI is InChI=1S/C14H30N2O/c1-4-13(7-8-15)6-5-9-16-10-11-17-14(2,3)12-16/h13H,4-12,15H2,1-3H3. The summed E-state index contributed by atoms with van der Waals surface area (Å²) < 4.78 is 5.72. The smallest absolute Gasteiger partial charge is 0.0753 e. The molecule has 1 aliphatic rings. The molecule has 3 heteroatoms. The van der Waals surface area contributed by atoms with Gasteiger partial charge in [-0.1, -0.05) is 13.3 Å². The van der Waals surface area contributed by atoms with Crippen LogP contribution in [0.2, 0.25) is 0 Å². The number of hydrogen-bond donors (Lipinski definition) is 1. The quantitative estimate of drug-likeness (QED) is 0.744. The van der Waals surface area contributed by atoms with E-state index in [0.29, 0.717) is 0 Å². The van der Waals surface area contributed by atoms with Crippen molar-refractivity contribution >= 4 is 0 Å². The highest BCUT2D eigenvalue weighted by atomic mass is 16.5. The van der Waals surface area contributed by atoms with E-state index in [1.807, 2.05) is 0 Å². The predicted molar refractivity (Wildman–Crippen MR) is 73.2 cm³/mol. The molecule has 0 amide bonds. The highest BCUT2D eigenvalue weighted by molar-refractivity contribution is 4.79. The minimum absolute atomic E-state index is 0.0413. The molecule has 0 aromatic heterocycles. The maximum atomic E-state index is 5.72. The minimum Gasteiger partial charge on any atom is -0.373 e. The van der Waals surface area contributed by atoms with Crippen molar-refractivity contribution in [3.8, 4) is 0 Å². The van der Waals surface area contributed by atoms with E-state index in [0.717, 1.165) is 32.2 Å². The summed E-state index contributed by atoms with van der Waals surface area (Å²) in [6, 6.07) is 0. The molecule has 0 aromatic rings. The molecule has 1 saturated heterocycles. The zero-order valence-electron chi connectivity index (χ0n) is 11.9. The molecule has 3 nitrogen and oxygen atoms in total. The zero-order valence-corrected chi connectivity index (χ0v) is 11.9. The Bertz CT molecular complexity index is 206. The fraction of sp³-hybridized carbons (Fsp3) is 1.00. The van der Waals surface area contributed by atoms with Crippen molar-refractivity contribution in [2.24, 2.45) is 11.7 Å². The largest absolute Gasteiger partial charge is 0.373 e. The van der Waals surface area contributed by atoms with Crippen molar-refractivity contribution in [3.63, 3.8) is 0 Å². The molecule has 1 unspecified atom stereocenters. The second-order valence-corrected chi connectivity index (χ2v) is 5.88. The van der Waals surface area contributed by atoms with Gasteiger partial charge >= 0.3 is 0 Å². The van der Waals surface area contributed by atoms with Gasteiger partial charge in [-0.3, -0.25) is 4.90 Å². The molecule has 0 bridgehead atoms. The molecule has 1 fully saturated rings. The van der Waals surface area contributed by atoms with E-state index in [1.165, 1.54) is 32.2 Å². The third-order valence-corrected chi connectivity index (χ3v) is 3.74. The first-order chi connectivity index (χ1) is 8.07. The SMILES string of the molecule is CCC(CCN)CCCN1CCOC(C)(C)C1. The van der Waals surface area contributed by atoms with Gasteiger partial charge < -0.3 is 10.5 Å². The summed E-state index contributed by atoms with van der Waals surface area (Å²) in [5, 5.41) is 0. The Hall–Kier alpha value is -0.120. The third kappa shape index (κ3) is 5.84. The summed E-state index contributed by atoms with van der Waals surface area (Å²) in [6.07, 6.45) is 5.08. The van der Waals surface area contributed by atoms with Gasteiger partial charge in [0.05, 0.1) is 12.2 Å². The molecule has 2 N–H and O–H groups in total. The second kappa shape index (κ2) is 7.34. The van der Waals surface area contributed by atoms with Crippen LogP contribution in [0.3, 0.4) is 0 Å². The molecule has 17 heavy (non-hydrogen) atoms. The molecule has 1 rings (SSSR count). The first-order valence-electron chi connectivity index (χ1n) is 7.14. The molecule has 1 aliphatic heterocycles. The fourth-order valence-corrected chi connectivity index (χ4v) is 2.70. The van der Waals surface area contributed by atoms with Crippen LogP contribution in [0.5, 0.6) is 0 Å². The monoisotopic (exact) mass is 242 g/mol. The topological polar surface area (TPSA) is 38.5 Å². The second-order valence-electron chi connectivity index (χ2n) is 5.88. The van der Waals surface area contributed by atoms with Crippen LogP contribution in [0.1, 0.15) is 46.5 Å². The summed E-state index contributed by atoms with van der Waals surface area (Å²) >= 11 is 0. The number of nitrogens with two attached hydrogens (primary N) is 1. The van der Waals surface area contributed by atoms with Crippen molar-refractivity contribution < 1.29 is 4.74 Å². The molecule has 102 valence electrons. The first-order valence-corrected chi connectivity index (χ1v) is 7.14. The van der Waals surface area contributed by atoms with Crippen LogP contribution in [0.25, 0.3) is 0 Å². The van der Waals surface area contributed by atoms with Gasteiger partial charge in [0.2, 0.25) is 0 Å². The van der Waals surface area contributed by atoms with Crippen molar-refractivity contribution in [1.29, 1.82) is 0 Å². The maximum Gasteiger partial charge on any atom is 0.0753 e. The Morgan fingerprint density at radius 2 is 2.12 bits per heavy atom. The van der Waals surface area contributed by atoms with Gasteiger partial charge in [0.15, 0.2) is 0 Å². The summed E-state index contributed by atoms with van der Waals surface area (Å²) in [5.41, 5.74) is 5.67. The van der Waals surface area contributed by atoms with Gasteiger partial charge in [0.25, 0.3) is 0 Å². The minimum atomic E-state index is 0.0413. The predicted octanol–water partition coefficient (Wildman–Crippen LogP) is 2.25. The Balaban J connectivity index is 2.17. The lowest BCUT2D eigenvalue weighted by atomic mass is 9.96. The van der Waals surface area contributed by atoms with Crippen molar-refractivity contribution in [2.45, 2.75) is 52.1 Å². The molecular weight excluding hydrogens is 212 g/mol. The van der Waals surface area contributed by atoms with E-state index in [4.69, 9.17) is 10.5 Å². The number of morpholine rings is 1. The highest BCUT2D eigenvalue weighted by Gasteiger charge is 2.26. The van der Waals surface area contributed by atoms with Gasteiger partial charge in [-0.15, -0.1) is 0 Å². The molecule has 0 saturated carbocycles. The molecule has 1 atom stereocenters. The number of ether oxygens (including phenoxy) is 1. The summed E-state index contributed by atoms with van der Waals surface area (Å²) in [4.78, 5) is 2.54. The van der Waals surface area contributed by atoms with Crippen molar-refractivity contribution in [2.75, 3.05) is 32.8 Å². The Labute approximate surface area is 107 Å². The first kappa shape index (κ1) is 14.9. The van der Waals surface area contributed by atoms with E-state index in [9.17, 15) is 0 Å². The molecular formula is C14H30N2O. The van der Waals surface area contributed by atoms with Crippen LogP contribution in [0.4, 0.5) is 0 Å². The lowest BCUT2D eigenvalue weighted by molar-refractivity contribution is -0.0862. The summed E-state index contributed by atoms with van der Waals surface area (Å²) in [6.45, 7) is 11.7. The molecule has 0 spiro atoms. The van der Waals surface area contributed by atoms with Crippen molar-refractivity contribution in [1.82, 2.24) is 4.90 Å². The number of hydrogen-bond acceptors (Lipinski definition) is 3. The van der Waals surface area contributed by atoms with Crippen LogP contribution >= 0.6 is 0 Å². The van der Waals surface area contributed by atoms with Crippen LogP contribution in [-0.2, 0) is 4.74 Å². The average Bonchev–Trinajstić information content (AvgIpc) is 2.26. The van der Waals surface area contributed by atoms with E-state index < -0.39 is 0 Å². The lowest BCUT2D eigenvalue weighted by Crippen LogP contribution is -2.48. The van der Waals surface area contributed by atoms with Gasteiger partial charge in [-0.2, -0.15) is 0 Å². The van der Waals surface area contributed by atoms with Crippen LogP contribution in [0.15, 0.2) is 0 Å². The maximum absolute atomic E-state index is 5.72. The van der Waals surface area contributed by atoms with Gasteiger partial charge in [-0.25, -0.2) is 0 Å². The molecule has 0 aromatic carbocycles. The van der Waals surface area contributed by atoms with Gasteiger partial charge in [-0.05, 0) is 52.1 Å². The Morgan fingerprint density at radius 3 is 2.71 bits per heavy atom. The molecule has 0 aliphatic carbocycles. The number of nitrogens with zero attached hydrogens (tertiary/aromatic N) is 1. The van der Waals surface area contributed by atoms with Gasteiger partial charge in [0, 0.05) is 13.1 Å². The summed E-state index contributed by atoms with van der Waals surface area (Å²) in [7, 11) is 0.